The molecule has 1 saturated heterocycles. The lowest BCUT2D eigenvalue weighted by molar-refractivity contribution is -0.138. The van der Waals surface area contributed by atoms with Crippen molar-refractivity contribution in [3.63, 3.8) is 0 Å². The molecule has 4 rings (SSSR count). The van der Waals surface area contributed by atoms with Gasteiger partial charge in [0.1, 0.15) is 24.1 Å². The number of fused-ring (bicyclic) bond motifs is 1. The van der Waals surface area contributed by atoms with Crippen LogP contribution >= 0.6 is 11.6 Å². The maximum atomic E-state index is 13.5. The van der Waals surface area contributed by atoms with Crippen molar-refractivity contribution in [2.45, 2.75) is 12.7 Å². The van der Waals surface area contributed by atoms with Crippen molar-refractivity contribution in [3.8, 4) is 11.1 Å². The fraction of sp³-hybridized carbons (Fsp3) is 0.222. The van der Waals surface area contributed by atoms with E-state index in [2.05, 4.69) is 4.98 Å². The normalized spacial score (nSPS) is 14.8. The molecule has 1 aliphatic rings. The Balaban J connectivity index is 1.70. The average molecular weight is 362 g/mol. The summed E-state index contributed by atoms with van der Waals surface area (Å²) in [6, 6.07) is 8.03. The van der Waals surface area contributed by atoms with Crippen LogP contribution in [0.15, 0.2) is 42.7 Å². The molecule has 3 heterocycles. The highest BCUT2D eigenvalue weighted by molar-refractivity contribution is 6.35. The van der Waals surface area contributed by atoms with Crippen LogP contribution in [0.5, 0.6) is 0 Å². The van der Waals surface area contributed by atoms with Gasteiger partial charge in [0.15, 0.2) is 0 Å². The smallest absolute Gasteiger partial charge is 0.242 e. The first-order chi connectivity index (χ1) is 12.0. The first kappa shape index (κ1) is 16.0. The molecular weight excluding hydrogens is 348 g/mol. The SMILES string of the molecule is O=C(Cn1cc(Cl)c2ncc(-c3cccc(F)c3)cc21)N1CC(F)C1. The van der Waals surface area contributed by atoms with Crippen LogP contribution < -0.4 is 0 Å². The van der Waals surface area contributed by atoms with Crippen LogP contribution in [0.2, 0.25) is 5.02 Å². The number of rotatable bonds is 3. The molecule has 0 N–H and O–H groups in total. The van der Waals surface area contributed by atoms with Crippen molar-refractivity contribution in [3.05, 3.63) is 53.6 Å². The minimum absolute atomic E-state index is 0.0597. The van der Waals surface area contributed by atoms with Crippen molar-refractivity contribution in [1.29, 1.82) is 0 Å². The van der Waals surface area contributed by atoms with E-state index in [9.17, 15) is 13.6 Å². The van der Waals surface area contributed by atoms with E-state index >= 15 is 0 Å². The molecule has 0 unspecified atom stereocenters. The highest BCUT2D eigenvalue weighted by atomic mass is 35.5. The number of pyridine rings is 1. The summed E-state index contributed by atoms with van der Waals surface area (Å²) in [6.45, 7) is 0.335. The molecule has 128 valence electrons. The number of carbonyl (C=O) groups is 1. The minimum Gasteiger partial charge on any atom is -0.335 e. The predicted octanol–water partition coefficient (Wildman–Crippen LogP) is 3.68. The molecule has 0 bridgehead atoms. The second-order valence-corrected chi connectivity index (χ2v) is 6.51. The van der Waals surface area contributed by atoms with Crippen LogP contribution in [0.3, 0.4) is 0 Å². The highest BCUT2D eigenvalue weighted by Gasteiger charge is 2.30. The molecule has 0 spiro atoms. The Kier molecular flexibility index (Phi) is 3.92. The summed E-state index contributed by atoms with van der Waals surface area (Å²) in [6.07, 6.45) is 2.33. The Bertz CT molecular complexity index is 966. The summed E-state index contributed by atoms with van der Waals surface area (Å²) in [4.78, 5) is 18.0. The van der Waals surface area contributed by atoms with E-state index in [4.69, 9.17) is 11.6 Å². The number of alkyl halides is 1. The molecule has 0 aliphatic carbocycles. The summed E-state index contributed by atoms with van der Waals surface area (Å²) in [5.41, 5.74) is 2.66. The summed E-state index contributed by atoms with van der Waals surface area (Å²) in [5, 5.41) is 0.431. The van der Waals surface area contributed by atoms with Gasteiger partial charge in [-0.05, 0) is 23.8 Å². The van der Waals surface area contributed by atoms with Gasteiger partial charge in [0.25, 0.3) is 0 Å². The van der Waals surface area contributed by atoms with Crippen LogP contribution in [-0.2, 0) is 11.3 Å². The van der Waals surface area contributed by atoms with Crippen LogP contribution in [0, 0.1) is 5.82 Å². The largest absolute Gasteiger partial charge is 0.335 e. The number of likely N-dealkylation sites (tertiary alicyclic amines) is 1. The zero-order chi connectivity index (χ0) is 17.6. The Morgan fingerprint density at radius 3 is 2.80 bits per heavy atom. The third-order valence-corrected chi connectivity index (χ3v) is 4.60. The Morgan fingerprint density at radius 2 is 2.08 bits per heavy atom. The van der Waals surface area contributed by atoms with Crippen molar-refractivity contribution < 1.29 is 13.6 Å². The lowest BCUT2D eigenvalue weighted by Gasteiger charge is -2.34. The second kappa shape index (κ2) is 6.11. The molecule has 4 nitrogen and oxygen atoms in total. The number of carbonyl (C=O) groups excluding carboxylic acids is 1. The molecule has 1 amide bonds. The molecule has 3 aromatic rings. The van der Waals surface area contributed by atoms with Crippen molar-refractivity contribution >= 4 is 28.5 Å². The van der Waals surface area contributed by atoms with Crippen LogP contribution in [0.4, 0.5) is 8.78 Å². The maximum absolute atomic E-state index is 13.5. The topological polar surface area (TPSA) is 38.1 Å². The Hall–Kier alpha value is -2.47. The summed E-state index contributed by atoms with van der Waals surface area (Å²) < 4.78 is 28.1. The third kappa shape index (κ3) is 2.98. The maximum Gasteiger partial charge on any atom is 0.242 e. The molecule has 0 radical (unpaired) electrons. The van der Waals surface area contributed by atoms with Gasteiger partial charge >= 0.3 is 0 Å². The lowest BCUT2D eigenvalue weighted by Crippen LogP contribution is -2.52. The summed E-state index contributed by atoms with van der Waals surface area (Å²) >= 11 is 6.21. The first-order valence-electron chi connectivity index (χ1n) is 7.83. The van der Waals surface area contributed by atoms with Gasteiger partial charge in [-0.1, -0.05) is 23.7 Å². The monoisotopic (exact) mass is 361 g/mol. The standard InChI is InChI=1S/C18H14ClF2N3O/c19-15-9-23(10-17(25)24-7-14(21)8-24)16-5-12(6-22-18(15)16)11-2-1-3-13(20)4-11/h1-6,9,14H,7-8,10H2. The zero-order valence-corrected chi connectivity index (χ0v) is 13.9. The fourth-order valence-electron chi connectivity index (χ4n) is 2.95. The number of halogens is 3. The molecule has 0 atom stereocenters. The summed E-state index contributed by atoms with van der Waals surface area (Å²) in [7, 11) is 0. The number of nitrogens with zero attached hydrogens (tertiary/aromatic N) is 3. The number of hydrogen-bond acceptors (Lipinski definition) is 2. The highest BCUT2D eigenvalue weighted by Crippen LogP contribution is 2.29. The number of amides is 1. The first-order valence-corrected chi connectivity index (χ1v) is 8.21. The third-order valence-electron chi connectivity index (χ3n) is 4.33. The van der Waals surface area contributed by atoms with Gasteiger partial charge in [-0.15, -0.1) is 0 Å². The molecule has 1 aromatic carbocycles. The van der Waals surface area contributed by atoms with Crippen molar-refractivity contribution in [2.75, 3.05) is 13.1 Å². The number of aromatic nitrogens is 2. The number of hydrogen-bond donors (Lipinski definition) is 0. The molecular formula is C18H14ClF2N3O. The van der Waals surface area contributed by atoms with Gasteiger partial charge in [0.2, 0.25) is 5.91 Å². The van der Waals surface area contributed by atoms with Gasteiger partial charge in [-0.3, -0.25) is 9.78 Å². The molecule has 1 aliphatic heterocycles. The molecule has 2 aromatic heterocycles. The molecule has 25 heavy (non-hydrogen) atoms. The van der Waals surface area contributed by atoms with Gasteiger partial charge in [0.05, 0.1) is 23.6 Å². The van der Waals surface area contributed by atoms with Gasteiger partial charge < -0.3 is 9.47 Å². The van der Waals surface area contributed by atoms with E-state index in [0.717, 1.165) is 5.56 Å². The zero-order valence-electron chi connectivity index (χ0n) is 13.1. The van der Waals surface area contributed by atoms with E-state index < -0.39 is 6.17 Å². The molecule has 7 heteroatoms. The van der Waals surface area contributed by atoms with Crippen LogP contribution in [0.1, 0.15) is 0 Å². The fourth-order valence-corrected chi connectivity index (χ4v) is 3.22. The van der Waals surface area contributed by atoms with Gasteiger partial charge in [0, 0.05) is 18.0 Å². The van der Waals surface area contributed by atoms with E-state index in [1.807, 2.05) is 6.07 Å². The lowest BCUT2D eigenvalue weighted by atomic mass is 10.1. The van der Waals surface area contributed by atoms with Gasteiger partial charge in [-0.2, -0.15) is 0 Å². The van der Waals surface area contributed by atoms with E-state index in [1.165, 1.54) is 17.0 Å². The van der Waals surface area contributed by atoms with Crippen molar-refractivity contribution in [1.82, 2.24) is 14.5 Å². The van der Waals surface area contributed by atoms with E-state index in [0.29, 0.717) is 21.6 Å². The number of benzene rings is 1. The van der Waals surface area contributed by atoms with Crippen LogP contribution in [0.25, 0.3) is 22.2 Å². The second-order valence-electron chi connectivity index (χ2n) is 6.10. The predicted molar refractivity (Wildman–Crippen MR) is 91.6 cm³/mol. The Labute approximate surface area is 147 Å². The molecule has 0 saturated carbocycles. The van der Waals surface area contributed by atoms with E-state index in [-0.39, 0.29) is 31.4 Å². The van der Waals surface area contributed by atoms with Gasteiger partial charge in [-0.25, -0.2) is 8.78 Å². The van der Waals surface area contributed by atoms with Crippen molar-refractivity contribution in [2.24, 2.45) is 0 Å². The minimum atomic E-state index is -0.935. The van der Waals surface area contributed by atoms with E-state index in [1.54, 1.807) is 29.1 Å². The quantitative estimate of drug-likeness (QED) is 0.713. The summed E-state index contributed by atoms with van der Waals surface area (Å²) in [5.74, 6) is -0.502. The van der Waals surface area contributed by atoms with Crippen LogP contribution in [-0.4, -0.2) is 39.6 Å². The Morgan fingerprint density at radius 1 is 1.28 bits per heavy atom. The molecule has 1 fully saturated rings. The average Bonchev–Trinajstić information content (AvgIpc) is 2.87.